The van der Waals surface area contributed by atoms with Crippen molar-refractivity contribution in [2.24, 2.45) is 0 Å². The van der Waals surface area contributed by atoms with Crippen molar-refractivity contribution in [3.63, 3.8) is 0 Å². The fourth-order valence-corrected chi connectivity index (χ4v) is 3.38. The topological polar surface area (TPSA) is 58.7 Å². The highest BCUT2D eigenvalue weighted by atomic mass is 16.5. The van der Waals surface area contributed by atoms with Crippen LogP contribution in [0.25, 0.3) is 0 Å². The highest BCUT2D eigenvalue weighted by Crippen LogP contribution is 2.32. The van der Waals surface area contributed by atoms with Gasteiger partial charge in [-0.1, -0.05) is 17.3 Å². The maximum Gasteiger partial charge on any atom is 0.167 e. The lowest BCUT2D eigenvalue weighted by Gasteiger charge is -2.37. The molecule has 5 nitrogen and oxygen atoms in total. The van der Waals surface area contributed by atoms with E-state index in [9.17, 15) is 5.11 Å². The number of nitrogens with zero attached hydrogens (tertiary/aromatic N) is 2. The van der Waals surface area contributed by atoms with E-state index in [-0.39, 0.29) is 0 Å². The summed E-state index contributed by atoms with van der Waals surface area (Å²) in [6.45, 7) is 7.58. The average molecular weight is 344 g/mol. The van der Waals surface area contributed by atoms with Crippen molar-refractivity contribution in [3.05, 3.63) is 47.3 Å². The van der Waals surface area contributed by atoms with Gasteiger partial charge in [0.2, 0.25) is 0 Å². The Kier molecular flexibility index (Phi) is 5.16. The van der Waals surface area contributed by atoms with Crippen LogP contribution in [0.3, 0.4) is 0 Å². The molecule has 0 aliphatic carbocycles. The molecule has 1 aromatic carbocycles. The number of piperidine rings is 1. The van der Waals surface area contributed by atoms with Crippen LogP contribution < -0.4 is 4.74 Å². The number of ether oxygens (including phenoxy) is 1. The molecule has 3 rings (SSSR count). The van der Waals surface area contributed by atoms with Crippen LogP contribution >= 0.6 is 0 Å². The molecule has 1 aliphatic rings. The fraction of sp³-hybridized carbons (Fsp3) is 0.550. The predicted octanol–water partition coefficient (Wildman–Crippen LogP) is 3.68. The van der Waals surface area contributed by atoms with Gasteiger partial charge in [0.15, 0.2) is 5.76 Å². The fourth-order valence-electron chi connectivity index (χ4n) is 3.38. The molecule has 136 valence electrons. The van der Waals surface area contributed by atoms with Crippen LogP contribution in [0.5, 0.6) is 5.75 Å². The molecule has 1 saturated heterocycles. The van der Waals surface area contributed by atoms with Gasteiger partial charge in [0.05, 0.1) is 12.8 Å². The molecule has 0 amide bonds. The second-order valence-corrected chi connectivity index (χ2v) is 7.58. The van der Waals surface area contributed by atoms with Crippen molar-refractivity contribution < 1.29 is 14.4 Å². The highest BCUT2D eigenvalue weighted by Gasteiger charge is 2.30. The predicted molar refractivity (Wildman–Crippen MR) is 96.6 cm³/mol. The van der Waals surface area contributed by atoms with Crippen LogP contribution in [0.15, 0.2) is 34.9 Å². The Morgan fingerprint density at radius 1 is 1.28 bits per heavy atom. The molecule has 25 heavy (non-hydrogen) atoms. The summed E-state index contributed by atoms with van der Waals surface area (Å²) in [4.78, 5) is 2.49. The molecule has 1 aliphatic heterocycles. The van der Waals surface area contributed by atoms with Crippen molar-refractivity contribution in [2.75, 3.05) is 13.7 Å². The van der Waals surface area contributed by atoms with Crippen LogP contribution in [0.4, 0.5) is 0 Å². The summed E-state index contributed by atoms with van der Waals surface area (Å²) in [6, 6.07) is 10.7. The first-order chi connectivity index (χ1) is 11.9. The van der Waals surface area contributed by atoms with E-state index in [4.69, 9.17) is 9.26 Å². The quantitative estimate of drug-likeness (QED) is 0.897. The maximum atomic E-state index is 10.1. The Balaban J connectivity index is 1.69. The summed E-state index contributed by atoms with van der Waals surface area (Å²) in [5, 5.41) is 14.3. The van der Waals surface area contributed by atoms with Crippen molar-refractivity contribution in [1.29, 1.82) is 0 Å². The molecule has 2 aromatic rings. The Morgan fingerprint density at radius 3 is 2.60 bits per heavy atom. The monoisotopic (exact) mass is 344 g/mol. The van der Waals surface area contributed by atoms with Gasteiger partial charge in [0.1, 0.15) is 11.4 Å². The summed E-state index contributed by atoms with van der Waals surface area (Å²) in [5.41, 5.74) is 1.24. The normalized spacial score (nSPS) is 22.1. The van der Waals surface area contributed by atoms with Gasteiger partial charge >= 0.3 is 0 Å². The van der Waals surface area contributed by atoms with Crippen LogP contribution in [-0.4, -0.2) is 34.9 Å². The van der Waals surface area contributed by atoms with Gasteiger partial charge in [0.25, 0.3) is 0 Å². The number of rotatable bonds is 5. The molecule has 0 saturated carbocycles. The first-order valence-electron chi connectivity index (χ1n) is 8.93. The van der Waals surface area contributed by atoms with E-state index in [1.54, 1.807) is 21.0 Å². The Labute approximate surface area is 149 Å². The molecule has 5 heteroatoms. The molecule has 1 N–H and O–H groups in total. The Bertz CT molecular complexity index is 688. The molecular weight excluding hydrogens is 316 g/mol. The molecule has 2 atom stereocenters. The molecular formula is C20H28N2O3. The van der Waals surface area contributed by atoms with Gasteiger partial charge in [-0.2, -0.15) is 0 Å². The standard InChI is InChI=1S/C20H28N2O3/c1-14-5-8-16(18-11-19(25-21-18)20(2,3)23)13-22(14)12-15-6-9-17(24-4)10-7-15/h6-7,9-11,14,16,23H,5,8,12-13H2,1-4H3/t14-,16-/m1/s1. The summed E-state index contributed by atoms with van der Waals surface area (Å²) in [7, 11) is 1.69. The number of methoxy groups -OCH3 is 1. The van der Waals surface area contributed by atoms with Gasteiger partial charge < -0.3 is 14.4 Å². The van der Waals surface area contributed by atoms with E-state index in [1.165, 1.54) is 5.56 Å². The summed E-state index contributed by atoms with van der Waals surface area (Å²) < 4.78 is 10.6. The summed E-state index contributed by atoms with van der Waals surface area (Å²) in [5.74, 6) is 1.76. The SMILES string of the molecule is COc1ccc(CN2C[C@H](c3cc(C(C)(C)O)on3)CC[C@H]2C)cc1. The largest absolute Gasteiger partial charge is 0.497 e. The highest BCUT2D eigenvalue weighted by molar-refractivity contribution is 5.27. The minimum atomic E-state index is -0.990. The first-order valence-corrected chi connectivity index (χ1v) is 8.93. The lowest BCUT2D eigenvalue weighted by Crippen LogP contribution is -2.40. The van der Waals surface area contributed by atoms with Gasteiger partial charge in [-0.15, -0.1) is 0 Å². The third kappa shape index (κ3) is 4.22. The Morgan fingerprint density at radius 2 is 2.00 bits per heavy atom. The molecule has 2 heterocycles. The van der Waals surface area contributed by atoms with Gasteiger partial charge in [-0.25, -0.2) is 0 Å². The second kappa shape index (κ2) is 7.18. The number of hydrogen-bond acceptors (Lipinski definition) is 5. The minimum Gasteiger partial charge on any atom is -0.497 e. The van der Waals surface area contributed by atoms with Crippen molar-refractivity contribution in [3.8, 4) is 5.75 Å². The molecule has 0 unspecified atom stereocenters. The number of benzene rings is 1. The van der Waals surface area contributed by atoms with Crippen molar-refractivity contribution in [1.82, 2.24) is 10.1 Å². The molecule has 0 radical (unpaired) electrons. The van der Waals surface area contributed by atoms with Crippen LogP contribution in [0.1, 0.15) is 56.5 Å². The van der Waals surface area contributed by atoms with E-state index in [0.29, 0.717) is 17.7 Å². The minimum absolute atomic E-state index is 0.342. The first kappa shape index (κ1) is 18.0. The van der Waals surface area contributed by atoms with Crippen LogP contribution in [-0.2, 0) is 12.1 Å². The smallest absolute Gasteiger partial charge is 0.167 e. The van der Waals surface area contributed by atoms with Crippen molar-refractivity contribution >= 4 is 0 Å². The maximum absolute atomic E-state index is 10.1. The molecule has 0 bridgehead atoms. The van der Waals surface area contributed by atoms with E-state index in [2.05, 4.69) is 29.1 Å². The summed E-state index contributed by atoms with van der Waals surface area (Å²) in [6.07, 6.45) is 2.23. The van der Waals surface area contributed by atoms with E-state index in [0.717, 1.165) is 37.4 Å². The molecule has 1 fully saturated rings. The van der Waals surface area contributed by atoms with Crippen molar-refractivity contribution in [2.45, 2.75) is 57.7 Å². The molecule has 1 aromatic heterocycles. The van der Waals surface area contributed by atoms with E-state index in [1.807, 2.05) is 18.2 Å². The van der Waals surface area contributed by atoms with E-state index < -0.39 is 5.60 Å². The number of likely N-dealkylation sites (tertiary alicyclic amines) is 1. The Hall–Kier alpha value is -1.85. The lowest BCUT2D eigenvalue weighted by atomic mass is 9.90. The van der Waals surface area contributed by atoms with Gasteiger partial charge in [0, 0.05) is 31.1 Å². The zero-order valence-electron chi connectivity index (χ0n) is 15.5. The van der Waals surface area contributed by atoms with Crippen LogP contribution in [0.2, 0.25) is 0 Å². The van der Waals surface area contributed by atoms with E-state index >= 15 is 0 Å². The number of aromatic nitrogens is 1. The lowest BCUT2D eigenvalue weighted by molar-refractivity contribution is 0.0473. The summed E-state index contributed by atoms with van der Waals surface area (Å²) >= 11 is 0. The zero-order chi connectivity index (χ0) is 18.0. The third-order valence-electron chi connectivity index (χ3n) is 5.11. The third-order valence-corrected chi connectivity index (χ3v) is 5.11. The molecule has 0 spiro atoms. The second-order valence-electron chi connectivity index (χ2n) is 7.58. The number of hydrogen-bond donors (Lipinski definition) is 1. The zero-order valence-corrected chi connectivity index (χ0v) is 15.5. The number of aliphatic hydroxyl groups is 1. The van der Waals surface area contributed by atoms with Gasteiger partial charge in [-0.05, 0) is 51.3 Å². The van der Waals surface area contributed by atoms with Crippen LogP contribution in [0, 0.1) is 0 Å². The van der Waals surface area contributed by atoms with Gasteiger partial charge in [-0.3, -0.25) is 4.90 Å². The average Bonchev–Trinajstić information content (AvgIpc) is 3.08.